The zero-order valence-corrected chi connectivity index (χ0v) is 13.1. The van der Waals surface area contributed by atoms with Crippen molar-refractivity contribution in [3.8, 4) is 0 Å². The van der Waals surface area contributed by atoms with Gasteiger partial charge in [0, 0.05) is 30.4 Å². The maximum absolute atomic E-state index is 6.07. The molecule has 1 aliphatic rings. The Morgan fingerprint density at radius 1 is 1.45 bits per heavy atom. The average Bonchev–Trinajstić information content (AvgIpc) is 2.44. The van der Waals surface area contributed by atoms with Crippen LogP contribution in [-0.2, 0) is 4.74 Å². The predicted octanol–water partition coefficient (Wildman–Crippen LogP) is 1.69. The number of aromatic nitrogens is 1. The topological polar surface area (TPSA) is 63.4 Å². The van der Waals surface area contributed by atoms with Gasteiger partial charge >= 0.3 is 0 Å². The Kier molecular flexibility index (Phi) is 4.86. The lowest BCUT2D eigenvalue weighted by Crippen LogP contribution is -2.55. The van der Waals surface area contributed by atoms with E-state index in [-0.39, 0.29) is 11.6 Å². The minimum Gasteiger partial charge on any atom is -0.383 e. The summed E-state index contributed by atoms with van der Waals surface area (Å²) in [6.07, 6.45) is 1.58. The molecule has 0 aromatic carbocycles. The van der Waals surface area contributed by atoms with Crippen molar-refractivity contribution < 1.29 is 4.74 Å². The second-order valence-electron chi connectivity index (χ2n) is 5.60. The first-order valence-corrected chi connectivity index (χ1v) is 7.25. The van der Waals surface area contributed by atoms with E-state index in [4.69, 9.17) is 22.1 Å². The molecule has 0 radical (unpaired) electrons. The quantitative estimate of drug-likeness (QED) is 0.886. The van der Waals surface area contributed by atoms with Crippen LogP contribution in [0.15, 0.2) is 12.3 Å². The second kappa shape index (κ2) is 6.26. The largest absolute Gasteiger partial charge is 0.383 e. The minimum atomic E-state index is -0.112. The van der Waals surface area contributed by atoms with Crippen LogP contribution in [0.2, 0.25) is 5.02 Å². The van der Waals surface area contributed by atoms with Gasteiger partial charge in [0.25, 0.3) is 0 Å². The Morgan fingerprint density at radius 3 is 2.70 bits per heavy atom. The molecule has 2 rings (SSSR count). The maximum Gasteiger partial charge on any atom is 0.128 e. The number of anilines is 1. The van der Waals surface area contributed by atoms with Crippen LogP contribution in [0, 0.1) is 0 Å². The van der Waals surface area contributed by atoms with Gasteiger partial charge in [-0.05, 0) is 27.0 Å². The lowest BCUT2D eigenvalue weighted by Gasteiger charge is -2.46. The zero-order valence-electron chi connectivity index (χ0n) is 12.3. The summed E-state index contributed by atoms with van der Waals surface area (Å²) in [6, 6.07) is 1.94. The van der Waals surface area contributed by atoms with E-state index in [1.54, 1.807) is 6.20 Å². The van der Waals surface area contributed by atoms with Gasteiger partial charge in [0.1, 0.15) is 5.82 Å². The van der Waals surface area contributed by atoms with Crippen LogP contribution >= 0.6 is 11.6 Å². The molecule has 0 amide bonds. The van der Waals surface area contributed by atoms with Gasteiger partial charge in [-0.3, -0.25) is 4.90 Å². The summed E-state index contributed by atoms with van der Waals surface area (Å²) in [4.78, 5) is 6.58. The van der Waals surface area contributed by atoms with Crippen LogP contribution in [0.5, 0.6) is 0 Å². The van der Waals surface area contributed by atoms with E-state index in [1.165, 1.54) is 0 Å². The number of halogens is 1. The molecule has 1 fully saturated rings. The summed E-state index contributed by atoms with van der Waals surface area (Å²) in [6.45, 7) is 7.78. The number of nitrogens with two attached hydrogens (primary N) is 1. The van der Waals surface area contributed by atoms with Crippen molar-refractivity contribution in [2.75, 3.05) is 39.1 Å². The van der Waals surface area contributed by atoms with Gasteiger partial charge in [-0.1, -0.05) is 11.6 Å². The third kappa shape index (κ3) is 3.06. The normalized spacial score (nSPS) is 19.0. The highest BCUT2D eigenvalue weighted by atomic mass is 35.5. The highest BCUT2D eigenvalue weighted by molar-refractivity contribution is 6.30. The molecule has 5 nitrogen and oxygen atoms in total. The number of likely N-dealkylation sites (N-methyl/N-ethyl adjacent to an activating group) is 1. The molecule has 1 aromatic heterocycles. The zero-order chi connectivity index (χ0) is 14.8. The number of hydrogen-bond acceptors (Lipinski definition) is 5. The molecule has 1 saturated heterocycles. The highest BCUT2D eigenvalue weighted by Gasteiger charge is 2.37. The van der Waals surface area contributed by atoms with Gasteiger partial charge in [-0.25, -0.2) is 4.98 Å². The fourth-order valence-electron chi connectivity index (χ4n) is 2.91. The Bertz CT molecular complexity index is 460. The third-order valence-corrected chi connectivity index (χ3v) is 4.26. The number of nitrogen functional groups attached to an aromatic ring is 1. The van der Waals surface area contributed by atoms with E-state index >= 15 is 0 Å². The molecule has 1 aromatic rings. The molecule has 0 spiro atoms. The van der Waals surface area contributed by atoms with E-state index < -0.39 is 0 Å². The summed E-state index contributed by atoms with van der Waals surface area (Å²) in [5, 5.41) is 3.97. The van der Waals surface area contributed by atoms with Crippen molar-refractivity contribution in [1.82, 2.24) is 15.2 Å². The number of rotatable bonds is 4. The fraction of sp³-hybridized carbons (Fsp3) is 0.643. The van der Waals surface area contributed by atoms with Crippen LogP contribution in [0.1, 0.15) is 25.5 Å². The summed E-state index contributed by atoms with van der Waals surface area (Å²) in [5.41, 5.74) is 6.87. The first-order valence-electron chi connectivity index (χ1n) is 6.87. The van der Waals surface area contributed by atoms with Crippen molar-refractivity contribution in [1.29, 1.82) is 0 Å². The van der Waals surface area contributed by atoms with E-state index in [2.05, 4.69) is 29.0 Å². The molecule has 20 heavy (non-hydrogen) atoms. The Hall–Kier alpha value is -0.880. The molecule has 6 heteroatoms. The number of nitrogens with one attached hydrogen (secondary N) is 1. The summed E-state index contributed by atoms with van der Waals surface area (Å²) in [7, 11) is 1.94. The Labute approximate surface area is 125 Å². The van der Waals surface area contributed by atoms with Crippen LogP contribution in [0.25, 0.3) is 0 Å². The maximum atomic E-state index is 6.07. The second-order valence-corrected chi connectivity index (χ2v) is 6.04. The van der Waals surface area contributed by atoms with E-state index in [1.807, 2.05) is 13.1 Å². The van der Waals surface area contributed by atoms with Gasteiger partial charge in [0.2, 0.25) is 0 Å². The van der Waals surface area contributed by atoms with Crippen molar-refractivity contribution in [2.24, 2.45) is 0 Å². The first kappa shape index (κ1) is 15.5. The van der Waals surface area contributed by atoms with Gasteiger partial charge in [-0.2, -0.15) is 0 Å². The van der Waals surface area contributed by atoms with E-state index in [0.717, 1.165) is 31.9 Å². The van der Waals surface area contributed by atoms with Crippen molar-refractivity contribution >= 4 is 17.4 Å². The molecule has 1 aliphatic heterocycles. The lowest BCUT2D eigenvalue weighted by molar-refractivity contribution is -0.0228. The molecule has 1 unspecified atom stereocenters. The number of morpholine rings is 1. The van der Waals surface area contributed by atoms with E-state index in [0.29, 0.717) is 10.8 Å². The number of pyridine rings is 1. The SMILES string of the molecule is CNC(c1cc(Cl)cnc1N)C(C)(C)N1CCOCC1. The molecule has 0 bridgehead atoms. The van der Waals surface area contributed by atoms with Crippen molar-refractivity contribution in [3.05, 3.63) is 22.8 Å². The molecule has 2 heterocycles. The molecular formula is C14H23ClN4O. The van der Waals surface area contributed by atoms with Crippen LogP contribution in [-0.4, -0.2) is 48.8 Å². The summed E-state index contributed by atoms with van der Waals surface area (Å²) >= 11 is 6.07. The average molecular weight is 299 g/mol. The Morgan fingerprint density at radius 2 is 2.10 bits per heavy atom. The smallest absolute Gasteiger partial charge is 0.128 e. The van der Waals surface area contributed by atoms with Crippen LogP contribution in [0.4, 0.5) is 5.82 Å². The lowest BCUT2D eigenvalue weighted by atomic mass is 9.86. The van der Waals surface area contributed by atoms with Crippen LogP contribution < -0.4 is 11.1 Å². The Balaban J connectivity index is 2.32. The molecule has 0 aliphatic carbocycles. The van der Waals surface area contributed by atoms with Gasteiger partial charge in [-0.15, -0.1) is 0 Å². The summed E-state index contributed by atoms with van der Waals surface area (Å²) in [5.74, 6) is 0.523. The van der Waals surface area contributed by atoms with Crippen molar-refractivity contribution in [2.45, 2.75) is 25.4 Å². The number of hydrogen-bond donors (Lipinski definition) is 2. The third-order valence-electron chi connectivity index (χ3n) is 4.05. The predicted molar refractivity (Wildman–Crippen MR) is 81.9 cm³/mol. The molecular weight excluding hydrogens is 276 g/mol. The highest BCUT2D eigenvalue weighted by Crippen LogP contribution is 2.34. The van der Waals surface area contributed by atoms with Gasteiger partial charge in [0.15, 0.2) is 0 Å². The standard InChI is InChI=1S/C14H23ClN4O/c1-14(2,19-4-6-20-7-5-19)12(17-3)11-8-10(15)9-18-13(11)16/h8-9,12,17H,4-7H2,1-3H3,(H2,16,18). The van der Waals surface area contributed by atoms with E-state index in [9.17, 15) is 0 Å². The molecule has 3 N–H and O–H groups in total. The number of nitrogens with zero attached hydrogens (tertiary/aromatic N) is 2. The minimum absolute atomic E-state index is 0.0480. The fourth-order valence-corrected chi connectivity index (χ4v) is 3.07. The molecule has 112 valence electrons. The van der Waals surface area contributed by atoms with Gasteiger partial charge in [0.05, 0.1) is 24.3 Å². The monoisotopic (exact) mass is 298 g/mol. The van der Waals surface area contributed by atoms with Crippen LogP contribution in [0.3, 0.4) is 0 Å². The summed E-state index contributed by atoms with van der Waals surface area (Å²) < 4.78 is 5.44. The molecule has 0 saturated carbocycles. The van der Waals surface area contributed by atoms with Gasteiger partial charge < -0.3 is 15.8 Å². The first-order chi connectivity index (χ1) is 9.46. The number of ether oxygens (including phenoxy) is 1. The molecule has 1 atom stereocenters. The van der Waals surface area contributed by atoms with Crippen molar-refractivity contribution in [3.63, 3.8) is 0 Å².